The van der Waals surface area contributed by atoms with Crippen molar-refractivity contribution < 1.29 is 31.1 Å². The minimum atomic E-state index is -2.30. The van der Waals surface area contributed by atoms with Gasteiger partial charge >= 0.3 is 0 Å². The van der Waals surface area contributed by atoms with E-state index in [4.69, 9.17) is 0 Å². The Morgan fingerprint density at radius 1 is 0.562 bits per heavy atom. The number of fused-ring (bicyclic) bond motifs is 1. The van der Waals surface area contributed by atoms with E-state index in [0.717, 1.165) is 0 Å². The summed E-state index contributed by atoms with van der Waals surface area (Å²) in [6, 6.07) is 0. The lowest BCUT2D eigenvalue weighted by molar-refractivity contribution is 0.100. The summed E-state index contributed by atoms with van der Waals surface area (Å²) < 4.78 is 76.9. The predicted molar refractivity (Wildman–Crippen MR) is 39.7 cm³/mol. The van der Waals surface area contributed by atoms with Crippen molar-refractivity contribution in [1.29, 1.82) is 0 Å². The molecule has 0 N–H and O–H groups in total. The van der Waals surface area contributed by atoms with Gasteiger partial charge in [0.1, 0.15) is 0 Å². The van der Waals surface area contributed by atoms with Crippen LogP contribution in [0.4, 0.5) is 26.3 Å². The molecular weight excluding hydrogens is 238 g/mol. The molecule has 0 bridgehead atoms. The van der Waals surface area contributed by atoms with Crippen LogP contribution in [-0.4, -0.2) is 5.78 Å². The average Bonchev–Trinajstić information content (AvgIpc) is 2.48. The predicted octanol–water partition coefficient (Wildman–Crippen LogP) is 3.05. The van der Waals surface area contributed by atoms with E-state index < -0.39 is 51.8 Å². The maximum Gasteiger partial charge on any atom is 0.228 e. The largest absolute Gasteiger partial charge is 0.286 e. The van der Waals surface area contributed by atoms with Crippen LogP contribution in [0.2, 0.25) is 0 Å². The third-order valence-corrected chi connectivity index (χ3v) is 2.11. The Balaban J connectivity index is 2.94. The van der Waals surface area contributed by atoms with Crippen LogP contribution in [0.15, 0.2) is 5.83 Å². The molecule has 1 nitrogen and oxygen atoms in total. The smallest absolute Gasteiger partial charge is 0.228 e. The molecule has 0 saturated heterocycles. The fourth-order valence-electron chi connectivity index (χ4n) is 1.37. The second-order valence-corrected chi connectivity index (χ2v) is 2.96. The van der Waals surface area contributed by atoms with Gasteiger partial charge in [0, 0.05) is 0 Å². The number of rotatable bonds is 0. The van der Waals surface area contributed by atoms with Crippen molar-refractivity contribution in [1.82, 2.24) is 0 Å². The van der Waals surface area contributed by atoms with Crippen molar-refractivity contribution in [2.75, 3.05) is 0 Å². The van der Waals surface area contributed by atoms with Crippen molar-refractivity contribution in [3.8, 4) is 0 Å². The number of allylic oxidation sites excluding steroid dienone is 1. The molecule has 1 aliphatic carbocycles. The van der Waals surface area contributed by atoms with E-state index in [0.29, 0.717) is 0 Å². The van der Waals surface area contributed by atoms with E-state index in [2.05, 4.69) is 0 Å². The van der Waals surface area contributed by atoms with Gasteiger partial charge in [0.2, 0.25) is 11.6 Å². The van der Waals surface area contributed by atoms with E-state index in [1.807, 2.05) is 0 Å². The normalized spacial score (nSPS) is 14.8. The summed E-state index contributed by atoms with van der Waals surface area (Å²) in [5.74, 6) is -14.8. The third kappa shape index (κ3) is 1.05. The van der Waals surface area contributed by atoms with Crippen LogP contribution >= 0.6 is 0 Å². The fraction of sp³-hybridized carbons (Fsp3) is 0. The molecule has 0 saturated carbocycles. The van der Waals surface area contributed by atoms with Crippen LogP contribution in [0.25, 0.3) is 5.83 Å². The van der Waals surface area contributed by atoms with E-state index in [1.54, 1.807) is 0 Å². The maximum absolute atomic E-state index is 13.0. The molecule has 2 rings (SSSR count). The molecule has 1 aromatic rings. The highest BCUT2D eigenvalue weighted by Gasteiger charge is 2.40. The number of hydrogen-bond acceptors (Lipinski definition) is 1. The van der Waals surface area contributed by atoms with Gasteiger partial charge in [0.05, 0.1) is 11.1 Å². The summed E-state index contributed by atoms with van der Waals surface area (Å²) in [6.45, 7) is 0. The molecule has 0 heterocycles. The highest BCUT2D eigenvalue weighted by Crippen LogP contribution is 2.39. The summed E-state index contributed by atoms with van der Waals surface area (Å²) in [5, 5.41) is 0. The minimum Gasteiger partial charge on any atom is -0.286 e. The molecule has 7 heteroatoms. The van der Waals surface area contributed by atoms with Crippen LogP contribution < -0.4 is 0 Å². The van der Waals surface area contributed by atoms with Crippen molar-refractivity contribution in [3.63, 3.8) is 0 Å². The zero-order chi connectivity index (χ0) is 12.2. The van der Waals surface area contributed by atoms with Gasteiger partial charge in [0.15, 0.2) is 29.1 Å². The van der Waals surface area contributed by atoms with Crippen molar-refractivity contribution >= 4 is 11.6 Å². The summed E-state index contributed by atoms with van der Waals surface area (Å²) in [6.07, 6.45) is 0. The zero-order valence-corrected chi connectivity index (χ0v) is 7.18. The molecule has 1 aliphatic rings. The van der Waals surface area contributed by atoms with Gasteiger partial charge in [-0.1, -0.05) is 0 Å². The number of ketones is 1. The lowest BCUT2D eigenvalue weighted by Gasteiger charge is -2.04. The topological polar surface area (TPSA) is 17.1 Å². The molecule has 0 atom stereocenters. The van der Waals surface area contributed by atoms with Crippen molar-refractivity contribution in [2.45, 2.75) is 0 Å². The molecule has 1 aromatic carbocycles. The maximum atomic E-state index is 13.0. The van der Waals surface area contributed by atoms with Gasteiger partial charge in [-0.15, -0.1) is 0 Å². The Hall–Kier alpha value is -1.79. The second-order valence-electron chi connectivity index (χ2n) is 2.96. The van der Waals surface area contributed by atoms with Crippen molar-refractivity contribution in [3.05, 3.63) is 40.2 Å². The highest BCUT2D eigenvalue weighted by atomic mass is 19.2. The number of hydrogen-bond donors (Lipinski definition) is 0. The first kappa shape index (κ1) is 10.7. The number of benzene rings is 1. The van der Waals surface area contributed by atoms with Gasteiger partial charge in [-0.3, -0.25) is 4.79 Å². The Morgan fingerprint density at radius 3 is 1.50 bits per heavy atom. The zero-order valence-electron chi connectivity index (χ0n) is 7.18. The lowest BCUT2D eigenvalue weighted by Crippen LogP contribution is -2.07. The fourth-order valence-corrected chi connectivity index (χ4v) is 1.37. The number of Topliss-reactive ketones (excluding diaryl/α,β-unsaturated/α-hetero) is 1. The second kappa shape index (κ2) is 3.10. The van der Waals surface area contributed by atoms with Crippen LogP contribution in [0, 0.1) is 23.3 Å². The molecule has 16 heavy (non-hydrogen) atoms. The molecule has 0 amide bonds. The Bertz CT molecular complexity index is 560. The highest BCUT2D eigenvalue weighted by molar-refractivity contribution is 6.18. The molecular formula is C9F6O. The molecule has 0 radical (unpaired) electrons. The van der Waals surface area contributed by atoms with Crippen LogP contribution in [-0.2, 0) is 0 Å². The SMILES string of the molecule is O=C1C(F)=C(F)c2c(F)c(F)c(F)c(F)c21. The average molecular weight is 238 g/mol. The summed E-state index contributed by atoms with van der Waals surface area (Å²) in [4.78, 5) is 10.9. The molecule has 0 unspecified atom stereocenters. The summed E-state index contributed by atoms with van der Waals surface area (Å²) >= 11 is 0. The standard InChI is InChI=1S/C9F6O/c10-3-1-2(5(12)7(14)6(3)13)9(16)8(15)4(1)11. The van der Waals surface area contributed by atoms with Crippen LogP contribution in [0.5, 0.6) is 0 Å². The van der Waals surface area contributed by atoms with E-state index in [9.17, 15) is 31.1 Å². The molecule has 0 fully saturated rings. The van der Waals surface area contributed by atoms with Crippen LogP contribution in [0.3, 0.4) is 0 Å². The first-order chi connectivity index (χ1) is 7.37. The number of carbonyl (C=O) groups is 1. The van der Waals surface area contributed by atoms with E-state index in [-0.39, 0.29) is 0 Å². The molecule has 84 valence electrons. The monoisotopic (exact) mass is 238 g/mol. The number of halogens is 6. The first-order valence-electron chi connectivity index (χ1n) is 3.84. The minimum absolute atomic E-state index is 1.47. The lowest BCUT2D eigenvalue weighted by atomic mass is 10.1. The van der Waals surface area contributed by atoms with Gasteiger partial charge in [-0.05, 0) is 0 Å². The van der Waals surface area contributed by atoms with Crippen LogP contribution in [0.1, 0.15) is 15.9 Å². The molecule has 0 aromatic heterocycles. The van der Waals surface area contributed by atoms with Gasteiger partial charge in [-0.2, -0.15) is 4.39 Å². The first-order valence-corrected chi connectivity index (χ1v) is 3.84. The molecule has 0 aliphatic heterocycles. The van der Waals surface area contributed by atoms with Crippen molar-refractivity contribution in [2.24, 2.45) is 0 Å². The van der Waals surface area contributed by atoms with E-state index in [1.165, 1.54) is 0 Å². The summed E-state index contributed by atoms with van der Waals surface area (Å²) in [5.41, 5.74) is -2.98. The van der Waals surface area contributed by atoms with Gasteiger partial charge in [0.25, 0.3) is 0 Å². The van der Waals surface area contributed by atoms with E-state index >= 15 is 0 Å². The quantitative estimate of drug-likeness (QED) is 0.385. The number of carbonyl (C=O) groups excluding carboxylic acids is 1. The Kier molecular flexibility index (Phi) is 2.08. The molecule has 0 spiro atoms. The Morgan fingerprint density at radius 2 is 1.00 bits per heavy atom. The third-order valence-electron chi connectivity index (χ3n) is 2.11. The van der Waals surface area contributed by atoms with Gasteiger partial charge < -0.3 is 0 Å². The summed E-state index contributed by atoms with van der Waals surface area (Å²) in [7, 11) is 0. The van der Waals surface area contributed by atoms with Gasteiger partial charge in [-0.25, -0.2) is 22.0 Å². The Labute approximate surface area is 84.0 Å².